The van der Waals surface area contributed by atoms with Gasteiger partial charge in [-0.05, 0) is 43.3 Å². The van der Waals surface area contributed by atoms with E-state index in [-0.39, 0.29) is 17.2 Å². The van der Waals surface area contributed by atoms with E-state index in [1.54, 1.807) is 44.4 Å². The van der Waals surface area contributed by atoms with Gasteiger partial charge in [0.15, 0.2) is 6.10 Å². The Hall–Kier alpha value is -3.55. The van der Waals surface area contributed by atoms with E-state index >= 15 is 0 Å². The van der Waals surface area contributed by atoms with Gasteiger partial charge < -0.3 is 23.7 Å². The molecule has 27 heavy (non-hydrogen) atoms. The molecule has 2 aromatic carbocycles. The lowest BCUT2D eigenvalue weighted by molar-refractivity contribution is 0.0276. The monoisotopic (exact) mass is 370 g/mol. The maximum atomic E-state index is 12.3. The van der Waals surface area contributed by atoms with Crippen molar-refractivity contribution in [3.05, 3.63) is 53.9 Å². The van der Waals surface area contributed by atoms with Crippen molar-refractivity contribution in [2.24, 2.45) is 0 Å². The third-order valence-electron chi connectivity index (χ3n) is 3.83. The number of rotatable bonds is 6. The van der Waals surface area contributed by atoms with Crippen LogP contribution in [0.3, 0.4) is 0 Å². The molecule has 1 N–H and O–H groups in total. The fourth-order valence-corrected chi connectivity index (χ4v) is 2.33. The molecule has 0 saturated heterocycles. The Balaban J connectivity index is 1.72. The fraction of sp³-hybridized carbons (Fsp3) is 0.211. The van der Waals surface area contributed by atoms with Crippen molar-refractivity contribution < 1.29 is 28.5 Å². The number of phenolic OH excluding ortho intramolecular Hbond substituents is 1. The average molecular weight is 370 g/mol. The highest BCUT2D eigenvalue weighted by Gasteiger charge is 2.22. The molecule has 0 aliphatic rings. The molecule has 0 bridgehead atoms. The Morgan fingerprint density at radius 3 is 2.33 bits per heavy atom. The van der Waals surface area contributed by atoms with Gasteiger partial charge in [-0.15, -0.1) is 10.2 Å². The van der Waals surface area contributed by atoms with E-state index in [1.165, 1.54) is 19.2 Å². The SMILES string of the molecule is COc1ccc(-c2nnc([C@H](C)OC(=O)c3ccc(OC)cc3O)o2)cc1. The van der Waals surface area contributed by atoms with Crippen molar-refractivity contribution >= 4 is 5.97 Å². The molecule has 0 saturated carbocycles. The lowest BCUT2D eigenvalue weighted by Gasteiger charge is -2.11. The molecular formula is C19H18N2O6. The number of phenols is 1. The van der Waals surface area contributed by atoms with Crippen molar-refractivity contribution in [3.8, 4) is 28.7 Å². The molecule has 0 fully saturated rings. The number of nitrogens with zero attached hydrogens (tertiary/aromatic N) is 2. The Labute approximate surface area is 155 Å². The molecule has 8 nitrogen and oxygen atoms in total. The predicted octanol–water partition coefficient (Wildman–Crippen LogP) is 3.38. The number of aromatic nitrogens is 2. The summed E-state index contributed by atoms with van der Waals surface area (Å²) in [6, 6.07) is 11.4. The molecule has 140 valence electrons. The van der Waals surface area contributed by atoms with Crippen LogP contribution >= 0.6 is 0 Å². The third kappa shape index (κ3) is 4.00. The molecule has 3 rings (SSSR count). The number of hydrogen-bond donors (Lipinski definition) is 1. The maximum absolute atomic E-state index is 12.3. The number of esters is 1. The molecule has 0 unspecified atom stereocenters. The van der Waals surface area contributed by atoms with Crippen molar-refractivity contribution in [2.45, 2.75) is 13.0 Å². The summed E-state index contributed by atoms with van der Waals surface area (Å²) >= 11 is 0. The van der Waals surface area contributed by atoms with Gasteiger partial charge in [-0.2, -0.15) is 0 Å². The van der Waals surface area contributed by atoms with Crippen LogP contribution in [0.5, 0.6) is 17.2 Å². The Morgan fingerprint density at radius 2 is 1.70 bits per heavy atom. The van der Waals surface area contributed by atoms with Gasteiger partial charge in [-0.25, -0.2) is 4.79 Å². The first kappa shape index (κ1) is 18.2. The van der Waals surface area contributed by atoms with Gasteiger partial charge in [0.05, 0.1) is 14.2 Å². The highest BCUT2D eigenvalue weighted by molar-refractivity contribution is 5.92. The van der Waals surface area contributed by atoms with Crippen LogP contribution in [0.2, 0.25) is 0 Å². The van der Waals surface area contributed by atoms with Gasteiger partial charge in [0, 0.05) is 11.6 Å². The average Bonchev–Trinajstić information content (AvgIpc) is 3.18. The quantitative estimate of drug-likeness (QED) is 0.659. The molecular weight excluding hydrogens is 352 g/mol. The van der Waals surface area contributed by atoms with E-state index in [1.807, 2.05) is 0 Å². The standard InChI is InChI=1S/C19H18N2O6/c1-11(26-19(23)15-9-8-14(25-3)10-16(15)22)17-20-21-18(27-17)12-4-6-13(24-2)7-5-12/h4-11,22H,1-3H3/t11-/m0/s1. The molecule has 1 aromatic heterocycles. The molecule has 0 spiro atoms. The maximum Gasteiger partial charge on any atom is 0.342 e. The van der Waals surface area contributed by atoms with Crippen molar-refractivity contribution in [1.82, 2.24) is 10.2 Å². The largest absolute Gasteiger partial charge is 0.507 e. The number of ether oxygens (including phenoxy) is 3. The summed E-state index contributed by atoms with van der Waals surface area (Å²) in [5.41, 5.74) is 0.721. The van der Waals surface area contributed by atoms with Gasteiger partial charge in [0.2, 0.25) is 5.89 Å². The number of aromatic hydroxyl groups is 1. The highest BCUT2D eigenvalue weighted by atomic mass is 16.6. The van der Waals surface area contributed by atoms with Gasteiger partial charge in [0.25, 0.3) is 5.89 Å². The topological polar surface area (TPSA) is 104 Å². The molecule has 0 aliphatic heterocycles. The highest BCUT2D eigenvalue weighted by Crippen LogP contribution is 2.27. The Kier molecular flexibility index (Phi) is 5.25. The van der Waals surface area contributed by atoms with E-state index in [0.29, 0.717) is 23.0 Å². The fourth-order valence-electron chi connectivity index (χ4n) is 2.33. The zero-order chi connectivity index (χ0) is 19.4. The summed E-state index contributed by atoms with van der Waals surface area (Å²) in [6.07, 6.45) is -0.793. The summed E-state index contributed by atoms with van der Waals surface area (Å²) in [5, 5.41) is 17.8. The summed E-state index contributed by atoms with van der Waals surface area (Å²) in [5.74, 6) is 0.617. The minimum atomic E-state index is -0.793. The van der Waals surface area contributed by atoms with Gasteiger partial charge >= 0.3 is 5.97 Å². The first-order chi connectivity index (χ1) is 13.0. The zero-order valence-electron chi connectivity index (χ0n) is 15.0. The van der Waals surface area contributed by atoms with E-state index in [2.05, 4.69) is 10.2 Å². The zero-order valence-corrected chi connectivity index (χ0v) is 15.0. The lowest BCUT2D eigenvalue weighted by Crippen LogP contribution is -2.10. The van der Waals surface area contributed by atoms with Crippen molar-refractivity contribution in [3.63, 3.8) is 0 Å². The van der Waals surface area contributed by atoms with Crippen LogP contribution in [0.15, 0.2) is 46.9 Å². The van der Waals surface area contributed by atoms with Crippen LogP contribution in [-0.4, -0.2) is 35.5 Å². The van der Waals surface area contributed by atoms with Crippen LogP contribution in [-0.2, 0) is 4.74 Å². The molecule has 3 aromatic rings. The van der Waals surface area contributed by atoms with Crippen LogP contribution in [0.25, 0.3) is 11.5 Å². The summed E-state index contributed by atoms with van der Waals surface area (Å²) in [7, 11) is 3.04. The van der Waals surface area contributed by atoms with Crippen LogP contribution in [0.1, 0.15) is 29.3 Å². The first-order valence-electron chi connectivity index (χ1n) is 8.07. The number of hydrogen-bond acceptors (Lipinski definition) is 8. The molecule has 1 atom stereocenters. The lowest BCUT2D eigenvalue weighted by atomic mass is 10.2. The van der Waals surface area contributed by atoms with E-state index < -0.39 is 12.1 Å². The number of carbonyl (C=O) groups excluding carboxylic acids is 1. The normalized spacial score (nSPS) is 11.7. The summed E-state index contributed by atoms with van der Waals surface area (Å²) < 4.78 is 21.0. The minimum Gasteiger partial charge on any atom is -0.507 e. The molecule has 0 amide bonds. The molecule has 0 aliphatic carbocycles. The number of methoxy groups -OCH3 is 2. The van der Waals surface area contributed by atoms with Crippen molar-refractivity contribution in [2.75, 3.05) is 14.2 Å². The van der Waals surface area contributed by atoms with Crippen molar-refractivity contribution in [1.29, 1.82) is 0 Å². The van der Waals surface area contributed by atoms with Crippen LogP contribution in [0, 0.1) is 0 Å². The van der Waals surface area contributed by atoms with Gasteiger partial charge in [-0.3, -0.25) is 0 Å². The van der Waals surface area contributed by atoms with E-state index in [9.17, 15) is 9.90 Å². The van der Waals surface area contributed by atoms with Gasteiger partial charge in [0.1, 0.15) is 22.8 Å². The Morgan fingerprint density at radius 1 is 1.04 bits per heavy atom. The summed E-state index contributed by atoms with van der Waals surface area (Å²) in [6.45, 7) is 1.60. The third-order valence-corrected chi connectivity index (χ3v) is 3.83. The number of benzene rings is 2. The summed E-state index contributed by atoms with van der Waals surface area (Å²) in [4.78, 5) is 12.3. The second-order valence-corrected chi connectivity index (χ2v) is 5.60. The minimum absolute atomic E-state index is 0.0116. The second kappa shape index (κ2) is 7.77. The first-order valence-corrected chi connectivity index (χ1v) is 8.07. The van der Waals surface area contributed by atoms with Crippen LogP contribution < -0.4 is 9.47 Å². The second-order valence-electron chi connectivity index (χ2n) is 5.60. The molecule has 8 heteroatoms. The predicted molar refractivity (Wildman–Crippen MR) is 94.8 cm³/mol. The number of carbonyl (C=O) groups is 1. The Bertz CT molecular complexity index is 936. The van der Waals surface area contributed by atoms with E-state index in [0.717, 1.165) is 0 Å². The molecule has 0 radical (unpaired) electrons. The van der Waals surface area contributed by atoms with E-state index in [4.69, 9.17) is 18.6 Å². The molecule has 1 heterocycles. The van der Waals surface area contributed by atoms with Gasteiger partial charge in [-0.1, -0.05) is 0 Å². The smallest absolute Gasteiger partial charge is 0.342 e. The van der Waals surface area contributed by atoms with Crippen LogP contribution in [0.4, 0.5) is 0 Å².